The number of pyridine rings is 1. The average Bonchev–Trinajstić information content (AvgIpc) is 3.00. The zero-order valence-corrected chi connectivity index (χ0v) is 13.6. The third kappa shape index (κ3) is 3.60. The summed E-state index contributed by atoms with van der Waals surface area (Å²) in [5.74, 6) is 1.06. The Bertz CT molecular complexity index is 820. The Balaban J connectivity index is 2.07. The number of hydrogen-bond donors (Lipinski definition) is 1. The minimum Gasteiger partial charge on any atom is -0.396 e. The maximum absolute atomic E-state index is 13.2. The topological polar surface area (TPSA) is 63.8 Å². The van der Waals surface area contributed by atoms with Gasteiger partial charge < -0.3 is 5.11 Å². The van der Waals surface area contributed by atoms with E-state index in [0.29, 0.717) is 23.8 Å². The SMILES string of the molecule is OCCCCc1nnc(-c2ccc(F)cc2)n1-c1ccnc(Cl)c1. The van der Waals surface area contributed by atoms with Crippen LogP contribution in [0.2, 0.25) is 5.15 Å². The van der Waals surface area contributed by atoms with Crippen LogP contribution in [0.15, 0.2) is 42.6 Å². The van der Waals surface area contributed by atoms with Crippen molar-refractivity contribution >= 4 is 11.6 Å². The van der Waals surface area contributed by atoms with Crippen LogP contribution in [0.4, 0.5) is 4.39 Å². The molecule has 5 nitrogen and oxygen atoms in total. The molecule has 1 aromatic carbocycles. The Kier molecular flexibility index (Phi) is 5.17. The number of unbranched alkanes of at least 4 members (excludes halogenated alkanes) is 1. The van der Waals surface area contributed by atoms with Crippen molar-refractivity contribution in [1.82, 2.24) is 19.7 Å². The van der Waals surface area contributed by atoms with Crippen LogP contribution < -0.4 is 0 Å². The Labute approximate surface area is 143 Å². The summed E-state index contributed by atoms with van der Waals surface area (Å²) >= 11 is 6.01. The first-order chi connectivity index (χ1) is 11.7. The molecule has 0 aliphatic carbocycles. The largest absolute Gasteiger partial charge is 0.396 e. The number of nitrogens with zero attached hydrogens (tertiary/aromatic N) is 4. The summed E-state index contributed by atoms with van der Waals surface area (Å²) in [4.78, 5) is 4.00. The molecule has 2 aromatic heterocycles. The van der Waals surface area contributed by atoms with Crippen LogP contribution in [0.25, 0.3) is 17.1 Å². The first kappa shape index (κ1) is 16.5. The lowest BCUT2D eigenvalue weighted by molar-refractivity contribution is 0.284. The molecule has 0 amide bonds. The molecule has 0 bridgehead atoms. The molecule has 0 aliphatic rings. The normalized spacial score (nSPS) is 11.0. The fourth-order valence-electron chi connectivity index (χ4n) is 2.46. The summed E-state index contributed by atoms with van der Waals surface area (Å²) in [5, 5.41) is 17.9. The van der Waals surface area contributed by atoms with E-state index in [0.717, 1.165) is 23.5 Å². The van der Waals surface area contributed by atoms with E-state index in [4.69, 9.17) is 16.7 Å². The van der Waals surface area contributed by atoms with Gasteiger partial charge in [-0.25, -0.2) is 9.37 Å². The van der Waals surface area contributed by atoms with Gasteiger partial charge in [-0.05, 0) is 49.2 Å². The van der Waals surface area contributed by atoms with E-state index in [1.54, 1.807) is 24.4 Å². The molecule has 124 valence electrons. The quantitative estimate of drug-likeness (QED) is 0.548. The number of rotatable bonds is 6. The van der Waals surface area contributed by atoms with Crippen LogP contribution in [-0.4, -0.2) is 31.5 Å². The molecule has 24 heavy (non-hydrogen) atoms. The molecule has 0 saturated heterocycles. The highest BCUT2D eigenvalue weighted by molar-refractivity contribution is 6.29. The van der Waals surface area contributed by atoms with Crippen LogP contribution in [0.5, 0.6) is 0 Å². The monoisotopic (exact) mass is 346 g/mol. The molecule has 0 aliphatic heterocycles. The highest BCUT2D eigenvalue weighted by atomic mass is 35.5. The van der Waals surface area contributed by atoms with Gasteiger partial charge in [0.2, 0.25) is 0 Å². The Morgan fingerprint density at radius 3 is 2.58 bits per heavy atom. The van der Waals surface area contributed by atoms with Gasteiger partial charge in [0.15, 0.2) is 5.82 Å². The second-order valence-corrected chi connectivity index (χ2v) is 5.69. The van der Waals surface area contributed by atoms with Crippen LogP contribution in [0, 0.1) is 5.82 Å². The summed E-state index contributed by atoms with van der Waals surface area (Å²) < 4.78 is 15.1. The molecule has 0 atom stereocenters. The van der Waals surface area contributed by atoms with E-state index in [2.05, 4.69) is 15.2 Å². The lowest BCUT2D eigenvalue weighted by Crippen LogP contribution is -2.04. The molecule has 0 spiro atoms. The van der Waals surface area contributed by atoms with Gasteiger partial charge in [-0.3, -0.25) is 4.57 Å². The van der Waals surface area contributed by atoms with Gasteiger partial charge in [0.25, 0.3) is 0 Å². The minimum atomic E-state index is -0.306. The van der Waals surface area contributed by atoms with Gasteiger partial charge in [0.05, 0.1) is 5.69 Å². The van der Waals surface area contributed by atoms with Gasteiger partial charge >= 0.3 is 0 Å². The molecule has 0 unspecified atom stereocenters. The van der Waals surface area contributed by atoms with E-state index in [1.165, 1.54) is 12.1 Å². The number of halogens is 2. The standard InChI is InChI=1S/C17H16ClFN4O/c18-15-11-14(8-9-20-15)23-16(3-1-2-10-24)21-22-17(23)12-4-6-13(19)7-5-12/h4-9,11,24H,1-3,10H2. The minimum absolute atomic E-state index is 0.139. The fraction of sp³-hybridized carbons (Fsp3) is 0.235. The van der Waals surface area contributed by atoms with Crippen molar-refractivity contribution in [3.05, 3.63) is 59.4 Å². The van der Waals surface area contributed by atoms with E-state index in [1.807, 2.05) is 10.6 Å². The van der Waals surface area contributed by atoms with Crippen molar-refractivity contribution in [3.8, 4) is 17.1 Å². The van der Waals surface area contributed by atoms with Crippen LogP contribution in [-0.2, 0) is 6.42 Å². The summed E-state index contributed by atoms with van der Waals surface area (Å²) in [5.41, 5.74) is 1.54. The predicted octanol–water partition coefficient (Wildman–Crippen LogP) is 3.44. The van der Waals surface area contributed by atoms with E-state index in [9.17, 15) is 4.39 Å². The molecule has 3 aromatic rings. The number of benzene rings is 1. The summed E-state index contributed by atoms with van der Waals surface area (Å²) in [7, 11) is 0. The first-order valence-corrected chi connectivity index (χ1v) is 8.00. The second-order valence-electron chi connectivity index (χ2n) is 5.30. The Morgan fingerprint density at radius 1 is 1.08 bits per heavy atom. The number of hydrogen-bond acceptors (Lipinski definition) is 4. The predicted molar refractivity (Wildman–Crippen MR) is 89.6 cm³/mol. The highest BCUT2D eigenvalue weighted by Crippen LogP contribution is 2.25. The van der Waals surface area contributed by atoms with E-state index >= 15 is 0 Å². The van der Waals surface area contributed by atoms with Crippen LogP contribution in [0.3, 0.4) is 0 Å². The Morgan fingerprint density at radius 2 is 1.88 bits per heavy atom. The van der Waals surface area contributed by atoms with Crippen molar-refractivity contribution in [1.29, 1.82) is 0 Å². The third-order valence-corrected chi connectivity index (χ3v) is 3.82. The van der Waals surface area contributed by atoms with Crippen molar-refractivity contribution in [2.75, 3.05) is 6.61 Å². The summed E-state index contributed by atoms with van der Waals surface area (Å²) in [6.45, 7) is 0.139. The van der Waals surface area contributed by atoms with Crippen molar-refractivity contribution in [2.24, 2.45) is 0 Å². The van der Waals surface area contributed by atoms with Gasteiger partial charge in [-0.15, -0.1) is 10.2 Å². The molecule has 1 N–H and O–H groups in total. The molecule has 7 heteroatoms. The summed E-state index contributed by atoms with van der Waals surface area (Å²) in [6, 6.07) is 9.65. The number of aryl methyl sites for hydroxylation is 1. The number of aliphatic hydroxyl groups excluding tert-OH is 1. The first-order valence-electron chi connectivity index (χ1n) is 7.62. The van der Waals surface area contributed by atoms with E-state index in [-0.39, 0.29) is 12.4 Å². The molecular weight excluding hydrogens is 331 g/mol. The van der Waals surface area contributed by atoms with Gasteiger partial charge in [-0.2, -0.15) is 0 Å². The average molecular weight is 347 g/mol. The van der Waals surface area contributed by atoms with Crippen molar-refractivity contribution < 1.29 is 9.50 Å². The van der Waals surface area contributed by atoms with Crippen molar-refractivity contribution in [3.63, 3.8) is 0 Å². The molecule has 0 fully saturated rings. The van der Waals surface area contributed by atoms with Gasteiger partial charge in [-0.1, -0.05) is 11.6 Å². The molecule has 2 heterocycles. The van der Waals surface area contributed by atoms with Gasteiger partial charge in [0, 0.05) is 24.8 Å². The second kappa shape index (κ2) is 7.51. The summed E-state index contributed by atoms with van der Waals surface area (Å²) in [6.07, 6.45) is 3.75. The third-order valence-electron chi connectivity index (χ3n) is 3.61. The Hall–Kier alpha value is -2.31. The lowest BCUT2D eigenvalue weighted by atomic mass is 10.2. The molecule has 3 rings (SSSR count). The molecular formula is C17H16ClFN4O. The number of aliphatic hydroxyl groups is 1. The smallest absolute Gasteiger partial charge is 0.168 e. The van der Waals surface area contributed by atoms with Crippen LogP contribution >= 0.6 is 11.6 Å². The number of aromatic nitrogens is 4. The van der Waals surface area contributed by atoms with Crippen molar-refractivity contribution in [2.45, 2.75) is 19.3 Å². The lowest BCUT2D eigenvalue weighted by Gasteiger charge is -2.11. The maximum Gasteiger partial charge on any atom is 0.168 e. The zero-order chi connectivity index (χ0) is 16.9. The highest BCUT2D eigenvalue weighted by Gasteiger charge is 2.16. The zero-order valence-electron chi connectivity index (χ0n) is 12.9. The fourth-order valence-corrected chi connectivity index (χ4v) is 2.63. The maximum atomic E-state index is 13.2. The molecule has 0 radical (unpaired) electrons. The van der Waals surface area contributed by atoms with Gasteiger partial charge in [0.1, 0.15) is 16.8 Å². The van der Waals surface area contributed by atoms with E-state index < -0.39 is 0 Å². The van der Waals surface area contributed by atoms with Crippen LogP contribution in [0.1, 0.15) is 18.7 Å². The molecule has 0 saturated carbocycles.